The van der Waals surface area contributed by atoms with Crippen LogP contribution >= 0.6 is 0 Å². The van der Waals surface area contributed by atoms with Crippen LogP contribution in [-0.4, -0.2) is 68.9 Å². The molecule has 2 aromatic rings. The summed E-state index contributed by atoms with van der Waals surface area (Å²) >= 11 is 0. The van der Waals surface area contributed by atoms with E-state index in [-0.39, 0.29) is 41.3 Å². The smallest absolute Gasteiger partial charge is 0.227 e. The van der Waals surface area contributed by atoms with Crippen LogP contribution in [0, 0.1) is 12.7 Å². The molecule has 0 radical (unpaired) electrons. The van der Waals surface area contributed by atoms with Gasteiger partial charge in [0.15, 0.2) is 17.5 Å². The zero-order valence-electron chi connectivity index (χ0n) is 19.8. The molecular formula is C21H34FN7O3S. The predicted octanol–water partition coefficient (Wildman–Crippen LogP) is 2.69. The summed E-state index contributed by atoms with van der Waals surface area (Å²) in [7, 11) is -1.51. The van der Waals surface area contributed by atoms with E-state index in [1.807, 2.05) is 32.7 Å². The van der Waals surface area contributed by atoms with Crippen LogP contribution in [0.5, 0.6) is 0 Å². The molecule has 0 spiro atoms. The number of anilines is 3. The molecule has 12 heteroatoms. The van der Waals surface area contributed by atoms with E-state index in [0.717, 1.165) is 5.69 Å². The predicted molar refractivity (Wildman–Crippen MR) is 125 cm³/mol. The fourth-order valence-electron chi connectivity index (χ4n) is 4.44. The normalized spacial score (nSPS) is 21.8. The van der Waals surface area contributed by atoms with Crippen molar-refractivity contribution in [3.63, 3.8) is 0 Å². The molecule has 2 aromatic heterocycles. The Kier molecular flexibility index (Phi) is 7.91. The lowest BCUT2D eigenvalue weighted by Gasteiger charge is -2.46. The molecule has 10 nitrogen and oxygen atoms in total. The number of nitrogens with zero attached hydrogens (tertiary/aromatic N) is 5. The number of hydrogen-bond donors (Lipinski definition) is 3. The van der Waals surface area contributed by atoms with Crippen molar-refractivity contribution in [1.82, 2.24) is 24.5 Å². The Morgan fingerprint density at radius 1 is 1.24 bits per heavy atom. The van der Waals surface area contributed by atoms with E-state index < -0.39 is 22.4 Å². The van der Waals surface area contributed by atoms with E-state index in [0.29, 0.717) is 31.5 Å². The fourth-order valence-corrected chi connectivity index (χ4v) is 6.11. The highest BCUT2D eigenvalue weighted by Gasteiger charge is 2.41. The van der Waals surface area contributed by atoms with Crippen LogP contribution in [0.2, 0.25) is 0 Å². The Hall–Kier alpha value is -2.31. The van der Waals surface area contributed by atoms with Gasteiger partial charge in [0.05, 0.1) is 12.4 Å². The number of aromatic amines is 1. The second-order valence-corrected chi connectivity index (χ2v) is 10.6. The van der Waals surface area contributed by atoms with Crippen LogP contribution in [0.25, 0.3) is 0 Å². The molecule has 3 heterocycles. The highest BCUT2D eigenvalue weighted by atomic mass is 32.2. The molecule has 0 amide bonds. The Labute approximate surface area is 194 Å². The van der Waals surface area contributed by atoms with Crippen LogP contribution in [0.1, 0.15) is 57.8 Å². The first-order valence-corrected chi connectivity index (χ1v) is 13.0. The molecule has 3 atom stereocenters. The van der Waals surface area contributed by atoms with Crippen molar-refractivity contribution in [1.29, 1.82) is 0 Å². The number of aliphatic hydroxyl groups excluding tert-OH is 1. The topological polar surface area (TPSA) is 127 Å². The zero-order chi connectivity index (χ0) is 24.3. The van der Waals surface area contributed by atoms with E-state index >= 15 is 0 Å². The number of H-pyrrole nitrogens is 1. The molecule has 0 aromatic carbocycles. The highest BCUT2D eigenvalue weighted by molar-refractivity contribution is 7.89. The fraction of sp³-hybridized carbons (Fsp3) is 0.667. The SMILES string of the molecule is CC[C@@H]1CC(N(C)c2nc(CO)c(F)c(Nc3cc(C)[nH]n3)n2)C[C@H](CC)N1S(=O)(=O)CC. The minimum absolute atomic E-state index is 0.0410. The molecule has 1 saturated heterocycles. The lowest BCUT2D eigenvalue weighted by molar-refractivity contribution is 0.153. The van der Waals surface area contributed by atoms with E-state index in [1.165, 1.54) is 0 Å². The van der Waals surface area contributed by atoms with Crippen molar-refractivity contribution in [3.8, 4) is 0 Å². The molecule has 0 bridgehead atoms. The summed E-state index contributed by atoms with van der Waals surface area (Å²) in [6.45, 7) is 6.90. The molecule has 33 heavy (non-hydrogen) atoms. The molecule has 1 aliphatic heterocycles. The van der Waals surface area contributed by atoms with Gasteiger partial charge in [-0.3, -0.25) is 5.10 Å². The monoisotopic (exact) mass is 483 g/mol. The molecular weight excluding hydrogens is 449 g/mol. The lowest BCUT2D eigenvalue weighted by Crippen LogP contribution is -2.56. The average Bonchev–Trinajstić information content (AvgIpc) is 3.23. The van der Waals surface area contributed by atoms with Gasteiger partial charge in [-0.1, -0.05) is 13.8 Å². The van der Waals surface area contributed by atoms with Gasteiger partial charge in [-0.15, -0.1) is 0 Å². The molecule has 3 N–H and O–H groups in total. The van der Waals surface area contributed by atoms with Gasteiger partial charge < -0.3 is 15.3 Å². The molecule has 1 aliphatic rings. The maximum atomic E-state index is 14.8. The van der Waals surface area contributed by atoms with Crippen molar-refractivity contribution >= 4 is 27.6 Å². The van der Waals surface area contributed by atoms with Crippen molar-refractivity contribution in [2.75, 3.05) is 23.0 Å². The largest absolute Gasteiger partial charge is 0.390 e. The molecule has 0 saturated carbocycles. The van der Waals surface area contributed by atoms with Gasteiger partial charge in [0.1, 0.15) is 5.69 Å². The standard InChI is InChI=1S/C21H34FN7O3S/c1-6-14-10-16(11-15(7-2)29(14)33(31,32)8-3)28(5)21-23-17(12-30)19(22)20(25-21)24-18-9-13(4)26-27-18/h9,14-16,30H,6-8,10-12H2,1-5H3,(H2,23,24,25,26,27)/t14-,15+,16?. The quantitative estimate of drug-likeness (QED) is 0.497. The van der Waals surface area contributed by atoms with Gasteiger partial charge in [-0.25, -0.2) is 17.8 Å². The van der Waals surface area contributed by atoms with E-state index in [4.69, 9.17) is 0 Å². The third kappa shape index (κ3) is 5.28. The maximum absolute atomic E-state index is 14.8. The summed E-state index contributed by atoms with van der Waals surface area (Å²) in [5, 5.41) is 19.3. The second kappa shape index (κ2) is 10.3. The average molecular weight is 484 g/mol. The van der Waals surface area contributed by atoms with E-state index in [1.54, 1.807) is 17.3 Å². The number of piperidine rings is 1. The summed E-state index contributed by atoms with van der Waals surface area (Å²) in [6.07, 6.45) is 2.60. The molecule has 1 unspecified atom stereocenters. The minimum Gasteiger partial charge on any atom is -0.390 e. The molecule has 184 valence electrons. The van der Waals surface area contributed by atoms with E-state index in [9.17, 15) is 17.9 Å². The summed E-state index contributed by atoms with van der Waals surface area (Å²) in [5.41, 5.74) is 0.684. The van der Waals surface area contributed by atoms with Gasteiger partial charge in [0.25, 0.3) is 0 Å². The Bertz CT molecular complexity index is 1050. The summed E-state index contributed by atoms with van der Waals surface area (Å²) in [6, 6.07) is 1.40. The van der Waals surface area contributed by atoms with Crippen molar-refractivity contribution < 1.29 is 17.9 Å². The summed E-state index contributed by atoms with van der Waals surface area (Å²) in [5.74, 6) is -0.0812. The third-order valence-electron chi connectivity index (χ3n) is 6.31. The Morgan fingerprint density at radius 2 is 1.88 bits per heavy atom. The van der Waals surface area contributed by atoms with Gasteiger partial charge >= 0.3 is 0 Å². The van der Waals surface area contributed by atoms with Crippen LogP contribution in [-0.2, 0) is 16.6 Å². The molecule has 1 fully saturated rings. The van der Waals surface area contributed by atoms with Gasteiger partial charge in [0, 0.05) is 36.9 Å². The second-order valence-electron chi connectivity index (χ2n) is 8.44. The van der Waals surface area contributed by atoms with Crippen LogP contribution in [0.4, 0.5) is 22.0 Å². The lowest BCUT2D eigenvalue weighted by atomic mass is 9.90. The first-order chi connectivity index (χ1) is 15.6. The third-order valence-corrected chi connectivity index (χ3v) is 8.28. The number of halogens is 1. The van der Waals surface area contributed by atoms with Crippen LogP contribution in [0.15, 0.2) is 6.07 Å². The van der Waals surface area contributed by atoms with Crippen LogP contribution in [0.3, 0.4) is 0 Å². The first-order valence-electron chi connectivity index (χ1n) is 11.3. The number of rotatable bonds is 9. The van der Waals surface area contributed by atoms with Gasteiger partial charge in [-0.05, 0) is 39.5 Å². The van der Waals surface area contributed by atoms with Gasteiger partial charge in [-0.2, -0.15) is 14.4 Å². The number of aliphatic hydroxyl groups is 1. The van der Waals surface area contributed by atoms with Gasteiger partial charge in [0.2, 0.25) is 16.0 Å². The maximum Gasteiger partial charge on any atom is 0.227 e. The first kappa shape index (κ1) is 25.3. The zero-order valence-corrected chi connectivity index (χ0v) is 20.7. The van der Waals surface area contributed by atoms with Crippen molar-refractivity contribution in [3.05, 3.63) is 23.3 Å². The number of aryl methyl sites for hydroxylation is 1. The summed E-state index contributed by atoms with van der Waals surface area (Å²) < 4.78 is 42.1. The summed E-state index contributed by atoms with van der Waals surface area (Å²) in [4.78, 5) is 10.5. The number of sulfonamides is 1. The van der Waals surface area contributed by atoms with Crippen molar-refractivity contribution in [2.24, 2.45) is 0 Å². The number of nitrogens with one attached hydrogen (secondary N) is 2. The number of aromatic nitrogens is 4. The number of hydrogen-bond acceptors (Lipinski definition) is 8. The molecule has 3 rings (SSSR count). The van der Waals surface area contributed by atoms with Crippen LogP contribution < -0.4 is 10.2 Å². The van der Waals surface area contributed by atoms with E-state index in [2.05, 4.69) is 25.5 Å². The molecule has 0 aliphatic carbocycles. The Balaban J connectivity index is 1.92. The van der Waals surface area contributed by atoms with Crippen molar-refractivity contribution in [2.45, 2.75) is 78.1 Å². The highest BCUT2D eigenvalue weighted by Crippen LogP contribution is 2.34. The Morgan fingerprint density at radius 3 is 2.36 bits per heavy atom. The minimum atomic E-state index is -3.33.